The minimum atomic E-state index is 1.20. The molecule has 0 heteroatoms. The molecule has 10 aromatic carbocycles. The van der Waals surface area contributed by atoms with Crippen molar-refractivity contribution in [2.24, 2.45) is 0 Å². The topological polar surface area (TPSA) is 0 Å². The molecule has 0 saturated heterocycles. The third-order valence-electron chi connectivity index (χ3n) is 10.8. The van der Waals surface area contributed by atoms with Crippen LogP contribution in [-0.4, -0.2) is 0 Å². The molecule has 0 aliphatic carbocycles. The molecule has 0 unspecified atom stereocenters. The van der Waals surface area contributed by atoms with Gasteiger partial charge in [0.1, 0.15) is 0 Å². The molecule has 0 amide bonds. The van der Waals surface area contributed by atoms with Gasteiger partial charge in [0.05, 0.1) is 0 Å². The largest absolute Gasteiger partial charge is 0.0622 e. The van der Waals surface area contributed by atoms with E-state index in [1.165, 1.54) is 99.1 Å². The van der Waals surface area contributed by atoms with Crippen molar-refractivity contribution in [1.29, 1.82) is 0 Å². The molecule has 0 nitrogen and oxygen atoms in total. The van der Waals surface area contributed by atoms with Crippen LogP contribution in [0.3, 0.4) is 0 Å². The predicted octanol–water partition coefficient (Wildman–Crippen LogP) is 15.1. The van der Waals surface area contributed by atoms with Gasteiger partial charge in [0.15, 0.2) is 0 Å². The van der Waals surface area contributed by atoms with Crippen molar-refractivity contribution in [2.45, 2.75) is 0 Å². The Morgan fingerprint density at radius 2 is 0.574 bits per heavy atom. The van der Waals surface area contributed by atoms with E-state index in [1.54, 1.807) is 0 Å². The fraction of sp³-hybridized carbons (Fsp3) is 0. The Morgan fingerprint density at radius 1 is 0.185 bits per heavy atom. The molecule has 0 aliphatic heterocycles. The van der Waals surface area contributed by atoms with Gasteiger partial charge in [-0.1, -0.05) is 194 Å². The summed E-state index contributed by atoms with van der Waals surface area (Å²) in [6, 6.07) is 79.9. The third-order valence-corrected chi connectivity index (χ3v) is 10.8. The molecule has 0 N–H and O–H groups in total. The number of hydrogen-bond acceptors (Lipinski definition) is 0. The van der Waals surface area contributed by atoms with Crippen LogP contribution >= 0.6 is 0 Å². The van der Waals surface area contributed by atoms with Crippen LogP contribution in [-0.2, 0) is 0 Å². The standard InChI is InChI=1S/C54H36/c1-5-17-37(18-6-1)43-29-32-48(50(33-43)40-23-11-4-12-24-40)54-47-28-16-15-27-46(47)53(51-34-41-25-13-14-26-42(41)35-52(51)54)44-30-31-45(38-19-7-2-8-20-38)49(36-44)39-21-9-3-10-22-39/h1-36H. The molecule has 0 spiro atoms. The molecular formula is C54H36. The van der Waals surface area contributed by atoms with E-state index < -0.39 is 0 Å². The van der Waals surface area contributed by atoms with Crippen LogP contribution in [0, 0.1) is 0 Å². The van der Waals surface area contributed by atoms with Crippen molar-refractivity contribution in [2.75, 3.05) is 0 Å². The zero-order chi connectivity index (χ0) is 35.8. The lowest BCUT2D eigenvalue weighted by molar-refractivity contribution is 1.57. The molecule has 0 atom stereocenters. The lowest BCUT2D eigenvalue weighted by Gasteiger charge is -2.22. The summed E-state index contributed by atoms with van der Waals surface area (Å²) in [7, 11) is 0. The molecule has 54 heavy (non-hydrogen) atoms. The maximum Gasteiger partial charge on any atom is -0.00199 e. The highest BCUT2D eigenvalue weighted by atomic mass is 14.2. The first-order valence-electron chi connectivity index (χ1n) is 18.7. The molecule has 10 rings (SSSR count). The molecule has 0 aromatic heterocycles. The van der Waals surface area contributed by atoms with Gasteiger partial charge >= 0.3 is 0 Å². The van der Waals surface area contributed by atoms with Crippen LogP contribution in [0.4, 0.5) is 0 Å². The Balaban J connectivity index is 1.31. The highest BCUT2D eigenvalue weighted by molar-refractivity contribution is 6.24. The van der Waals surface area contributed by atoms with Crippen molar-refractivity contribution in [3.63, 3.8) is 0 Å². The Hall–Kier alpha value is -7.02. The third kappa shape index (κ3) is 5.57. The van der Waals surface area contributed by atoms with Gasteiger partial charge in [0.2, 0.25) is 0 Å². The molecule has 0 aliphatic rings. The van der Waals surface area contributed by atoms with Gasteiger partial charge in [-0.3, -0.25) is 0 Å². The summed E-state index contributed by atoms with van der Waals surface area (Å²) in [5.74, 6) is 0. The van der Waals surface area contributed by atoms with Gasteiger partial charge in [0, 0.05) is 0 Å². The average Bonchev–Trinajstić information content (AvgIpc) is 3.26. The van der Waals surface area contributed by atoms with Gasteiger partial charge < -0.3 is 0 Å². The van der Waals surface area contributed by atoms with E-state index in [0.717, 1.165) is 0 Å². The Kier molecular flexibility index (Phi) is 7.93. The van der Waals surface area contributed by atoms with Gasteiger partial charge in [-0.05, 0) is 123 Å². The van der Waals surface area contributed by atoms with E-state index in [4.69, 9.17) is 0 Å². The smallest absolute Gasteiger partial charge is 0.00199 e. The van der Waals surface area contributed by atoms with Crippen LogP contribution in [0.5, 0.6) is 0 Å². The summed E-state index contributed by atoms with van der Waals surface area (Å²) in [4.78, 5) is 0. The molecule has 0 heterocycles. The SMILES string of the molecule is c1ccc(-c2ccc(-c3c4ccccc4c(-c4ccc(-c5ccccc5)c(-c5ccccc5)c4)c4cc5ccccc5cc34)c(-c3ccccc3)c2)cc1. The van der Waals surface area contributed by atoms with Gasteiger partial charge in [0.25, 0.3) is 0 Å². The first-order chi connectivity index (χ1) is 26.8. The summed E-state index contributed by atoms with van der Waals surface area (Å²) in [6.45, 7) is 0. The lowest BCUT2D eigenvalue weighted by Crippen LogP contribution is -1.95. The summed E-state index contributed by atoms with van der Waals surface area (Å²) >= 11 is 0. The summed E-state index contributed by atoms with van der Waals surface area (Å²) < 4.78 is 0. The van der Waals surface area contributed by atoms with E-state index in [2.05, 4.69) is 218 Å². The van der Waals surface area contributed by atoms with Crippen molar-refractivity contribution in [3.8, 4) is 66.8 Å². The maximum atomic E-state index is 2.42. The number of hydrogen-bond donors (Lipinski definition) is 0. The minimum absolute atomic E-state index is 1.20. The van der Waals surface area contributed by atoms with Crippen molar-refractivity contribution >= 4 is 32.3 Å². The molecule has 0 radical (unpaired) electrons. The normalized spacial score (nSPS) is 11.3. The van der Waals surface area contributed by atoms with Crippen molar-refractivity contribution in [1.82, 2.24) is 0 Å². The lowest BCUT2D eigenvalue weighted by atomic mass is 9.81. The van der Waals surface area contributed by atoms with Crippen LogP contribution in [0.15, 0.2) is 218 Å². The second kappa shape index (κ2) is 13.5. The van der Waals surface area contributed by atoms with Gasteiger partial charge in [-0.25, -0.2) is 0 Å². The van der Waals surface area contributed by atoms with E-state index >= 15 is 0 Å². The fourth-order valence-corrected chi connectivity index (χ4v) is 8.32. The van der Waals surface area contributed by atoms with Gasteiger partial charge in [-0.2, -0.15) is 0 Å². The highest BCUT2D eigenvalue weighted by Crippen LogP contribution is 2.49. The molecule has 0 bridgehead atoms. The molecule has 10 aromatic rings. The minimum Gasteiger partial charge on any atom is -0.0622 e. The van der Waals surface area contributed by atoms with E-state index in [-0.39, 0.29) is 0 Å². The Bertz CT molecular complexity index is 2940. The fourth-order valence-electron chi connectivity index (χ4n) is 8.32. The first-order valence-corrected chi connectivity index (χ1v) is 18.7. The molecular weight excluding hydrogens is 649 g/mol. The number of rotatable bonds is 6. The van der Waals surface area contributed by atoms with Crippen molar-refractivity contribution in [3.05, 3.63) is 218 Å². The predicted molar refractivity (Wildman–Crippen MR) is 232 cm³/mol. The first kappa shape index (κ1) is 31.7. The molecule has 252 valence electrons. The van der Waals surface area contributed by atoms with E-state index in [9.17, 15) is 0 Å². The van der Waals surface area contributed by atoms with Crippen LogP contribution in [0.1, 0.15) is 0 Å². The van der Waals surface area contributed by atoms with E-state index in [1.807, 2.05) is 0 Å². The summed E-state index contributed by atoms with van der Waals surface area (Å²) in [5, 5.41) is 7.46. The Morgan fingerprint density at radius 3 is 1.15 bits per heavy atom. The van der Waals surface area contributed by atoms with Crippen LogP contribution < -0.4 is 0 Å². The number of benzene rings is 10. The maximum absolute atomic E-state index is 2.42. The molecule has 0 fully saturated rings. The quantitative estimate of drug-likeness (QED) is 0.153. The summed E-state index contributed by atoms with van der Waals surface area (Å²) in [5.41, 5.74) is 14.7. The van der Waals surface area contributed by atoms with Crippen LogP contribution in [0.25, 0.3) is 99.1 Å². The second-order valence-electron chi connectivity index (χ2n) is 14.0. The highest BCUT2D eigenvalue weighted by Gasteiger charge is 2.21. The molecule has 0 saturated carbocycles. The average molecular weight is 685 g/mol. The zero-order valence-corrected chi connectivity index (χ0v) is 29.8. The zero-order valence-electron chi connectivity index (χ0n) is 29.8. The van der Waals surface area contributed by atoms with Crippen molar-refractivity contribution < 1.29 is 0 Å². The Labute approximate surface area is 316 Å². The monoisotopic (exact) mass is 684 g/mol. The van der Waals surface area contributed by atoms with Crippen LogP contribution in [0.2, 0.25) is 0 Å². The van der Waals surface area contributed by atoms with Gasteiger partial charge in [-0.15, -0.1) is 0 Å². The number of fused-ring (bicyclic) bond motifs is 3. The second-order valence-corrected chi connectivity index (χ2v) is 14.0. The van der Waals surface area contributed by atoms with E-state index in [0.29, 0.717) is 0 Å². The summed E-state index contributed by atoms with van der Waals surface area (Å²) in [6.07, 6.45) is 0.